The number of carbonyl (C=O) groups is 1. The molecule has 27 heavy (non-hydrogen) atoms. The lowest BCUT2D eigenvalue weighted by Crippen LogP contribution is -2.22. The Morgan fingerprint density at radius 1 is 0.852 bits per heavy atom. The molecule has 7 heteroatoms. The molecule has 144 valence electrons. The van der Waals surface area contributed by atoms with Crippen LogP contribution in [0.2, 0.25) is 0 Å². The Morgan fingerprint density at radius 3 is 2.00 bits per heavy atom. The number of amides is 1. The molecule has 0 aliphatic heterocycles. The zero-order valence-corrected chi connectivity index (χ0v) is 16.2. The summed E-state index contributed by atoms with van der Waals surface area (Å²) in [6, 6.07) is 13.9. The quantitative estimate of drug-likeness (QED) is 0.693. The van der Waals surface area contributed by atoms with Crippen molar-refractivity contribution in [2.45, 2.75) is 50.0 Å². The smallest absolute Gasteiger partial charge is 0.261 e. The fraction of sp³-hybridized carbons (Fsp3) is 0.350. The SMILES string of the molecule is CC(=O)Nc1ccc(S(=O)(=O)Nc2ccc(NC3CCCCC3)cc2)cc1. The van der Waals surface area contributed by atoms with E-state index in [1.807, 2.05) is 12.1 Å². The van der Waals surface area contributed by atoms with Crippen molar-refractivity contribution in [2.24, 2.45) is 0 Å². The minimum absolute atomic E-state index is 0.140. The summed E-state index contributed by atoms with van der Waals surface area (Å²) in [5.74, 6) is -0.203. The fourth-order valence-electron chi connectivity index (χ4n) is 3.25. The molecular formula is C20H25N3O3S. The molecule has 0 heterocycles. The fourth-order valence-corrected chi connectivity index (χ4v) is 4.31. The van der Waals surface area contributed by atoms with Gasteiger partial charge in [0.1, 0.15) is 0 Å². The number of carbonyl (C=O) groups excluding carboxylic acids is 1. The lowest BCUT2D eigenvalue weighted by molar-refractivity contribution is -0.114. The largest absolute Gasteiger partial charge is 0.382 e. The monoisotopic (exact) mass is 387 g/mol. The number of nitrogens with one attached hydrogen (secondary N) is 3. The van der Waals surface area contributed by atoms with Crippen LogP contribution in [-0.4, -0.2) is 20.4 Å². The lowest BCUT2D eigenvalue weighted by Gasteiger charge is -2.24. The van der Waals surface area contributed by atoms with E-state index < -0.39 is 10.0 Å². The van der Waals surface area contributed by atoms with E-state index in [1.54, 1.807) is 24.3 Å². The maximum atomic E-state index is 12.5. The lowest BCUT2D eigenvalue weighted by atomic mass is 9.95. The van der Waals surface area contributed by atoms with Crippen LogP contribution in [0.4, 0.5) is 17.1 Å². The molecule has 1 fully saturated rings. The second-order valence-corrected chi connectivity index (χ2v) is 8.55. The minimum Gasteiger partial charge on any atom is -0.382 e. The first-order valence-electron chi connectivity index (χ1n) is 9.19. The molecule has 3 rings (SSSR count). The normalized spacial score (nSPS) is 15.1. The molecule has 1 aliphatic rings. The van der Waals surface area contributed by atoms with Crippen molar-refractivity contribution in [1.29, 1.82) is 0 Å². The van der Waals surface area contributed by atoms with Gasteiger partial charge in [0, 0.05) is 30.0 Å². The zero-order valence-electron chi connectivity index (χ0n) is 15.4. The summed E-state index contributed by atoms with van der Waals surface area (Å²) in [6.45, 7) is 1.40. The second-order valence-electron chi connectivity index (χ2n) is 6.87. The highest BCUT2D eigenvalue weighted by atomic mass is 32.2. The van der Waals surface area contributed by atoms with E-state index in [0.29, 0.717) is 17.4 Å². The van der Waals surface area contributed by atoms with E-state index in [9.17, 15) is 13.2 Å². The standard InChI is InChI=1S/C20H25N3O3S/c1-15(24)21-17-11-13-20(14-12-17)27(25,26)23-19-9-7-18(8-10-19)22-16-5-3-2-4-6-16/h7-14,16,22-23H,2-6H2,1H3,(H,21,24). The average molecular weight is 388 g/mol. The second kappa shape index (κ2) is 8.43. The van der Waals surface area contributed by atoms with Crippen molar-refractivity contribution >= 4 is 33.0 Å². The Labute approximate surface area is 160 Å². The molecule has 0 atom stereocenters. The topological polar surface area (TPSA) is 87.3 Å². The molecule has 1 saturated carbocycles. The van der Waals surface area contributed by atoms with Gasteiger partial charge >= 0.3 is 0 Å². The van der Waals surface area contributed by atoms with Crippen LogP contribution in [0.25, 0.3) is 0 Å². The van der Waals surface area contributed by atoms with Gasteiger partial charge in [-0.05, 0) is 61.4 Å². The van der Waals surface area contributed by atoms with Gasteiger partial charge in [0.05, 0.1) is 4.90 Å². The van der Waals surface area contributed by atoms with Crippen LogP contribution in [0.15, 0.2) is 53.4 Å². The van der Waals surface area contributed by atoms with E-state index >= 15 is 0 Å². The van der Waals surface area contributed by atoms with Gasteiger partial charge in [0.2, 0.25) is 5.91 Å². The molecule has 1 amide bonds. The third kappa shape index (κ3) is 5.47. The summed E-state index contributed by atoms with van der Waals surface area (Å²) >= 11 is 0. The van der Waals surface area contributed by atoms with Crippen molar-refractivity contribution in [3.8, 4) is 0 Å². The Hall–Kier alpha value is -2.54. The molecule has 0 saturated heterocycles. The van der Waals surface area contributed by atoms with Gasteiger partial charge in [0.25, 0.3) is 10.0 Å². The molecular weight excluding hydrogens is 362 g/mol. The zero-order chi connectivity index (χ0) is 19.3. The summed E-state index contributed by atoms with van der Waals surface area (Å²) in [7, 11) is -3.68. The highest BCUT2D eigenvalue weighted by molar-refractivity contribution is 7.92. The predicted octanol–water partition coefficient (Wildman–Crippen LogP) is 4.19. The van der Waals surface area contributed by atoms with E-state index in [4.69, 9.17) is 0 Å². The summed E-state index contributed by atoms with van der Waals surface area (Å²) in [5.41, 5.74) is 2.07. The van der Waals surface area contributed by atoms with Gasteiger partial charge in [-0.1, -0.05) is 19.3 Å². The highest BCUT2D eigenvalue weighted by Gasteiger charge is 2.15. The van der Waals surface area contributed by atoms with Gasteiger partial charge in [-0.2, -0.15) is 0 Å². The van der Waals surface area contributed by atoms with Crippen LogP contribution in [0.1, 0.15) is 39.0 Å². The molecule has 0 radical (unpaired) electrons. The molecule has 2 aromatic carbocycles. The number of hydrogen-bond acceptors (Lipinski definition) is 4. The van der Waals surface area contributed by atoms with Crippen molar-refractivity contribution in [2.75, 3.05) is 15.4 Å². The maximum absolute atomic E-state index is 12.5. The van der Waals surface area contributed by atoms with E-state index in [2.05, 4.69) is 15.4 Å². The predicted molar refractivity (Wildman–Crippen MR) is 108 cm³/mol. The molecule has 1 aliphatic carbocycles. The number of benzene rings is 2. The number of anilines is 3. The average Bonchev–Trinajstić information content (AvgIpc) is 2.64. The Balaban J connectivity index is 1.63. The number of hydrogen-bond donors (Lipinski definition) is 3. The van der Waals surface area contributed by atoms with Crippen LogP contribution in [0, 0.1) is 0 Å². The Morgan fingerprint density at radius 2 is 1.41 bits per heavy atom. The van der Waals surface area contributed by atoms with Gasteiger partial charge in [-0.3, -0.25) is 9.52 Å². The van der Waals surface area contributed by atoms with Crippen LogP contribution in [0.3, 0.4) is 0 Å². The molecule has 6 nitrogen and oxygen atoms in total. The van der Waals surface area contributed by atoms with Gasteiger partial charge in [0.15, 0.2) is 0 Å². The third-order valence-electron chi connectivity index (χ3n) is 4.60. The highest BCUT2D eigenvalue weighted by Crippen LogP contribution is 2.24. The summed E-state index contributed by atoms with van der Waals surface area (Å²) in [5, 5.41) is 6.12. The summed E-state index contributed by atoms with van der Waals surface area (Å²) < 4.78 is 27.6. The van der Waals surface area contributed by atoms with E-state index in [1.165, 1.54) is 51.2 Å². The summed E-state index contributed by atoms with van der Waals surface area (Å²) in [6.07, 6.45) is 6.20. The van der Waals surface area contributed by atoms with Gasteiger partial charge in [-0.25, -0.2) is 8.42 Å². The Kier molecular flexibility index (Phi) is 6.01. The molecule has 0 spiro atoms. The Bertz CT molecular complexity index is 872. The van der Waals surface area contributed by atoms with Crippen LogP contribution < -0.4 is 15.4 Å². The molecule has 2 aromatic rings. The number of sulfonamides is 1. The first kappa shape index (κ1) is 19.2. The minimum atomic E-state index is -3.68. The number of rotatable bonds is 6. The van der Waals surface area contributed by atoms with Crippen LogP contribution in [0.5, 0.6) is 0 Å². The molecule has 3 N–H and O–H groups in total. The van der Waals surface area contributed by atoms with Crippen molar-refractivity contribution < 1.29 is 13.2 Å². The van der Waals surface area contributed by atoms with Crippen molar-refractivity contribution in [3.63, 3.8) is 0 Å². The summed E-state index contributed by atoms with van der Waals surface area (Å²) in [4.78, 5) is 11.2. The maximum Gasteiger partial charge on any atom is 0.261 e. The van der Waals surface area contributed by atoms with Crippen molar-refractivity contribution in [3.05, 3.63) is 48.5 Å². The van der Waals surface area contributed by atoms with Crippen LogP contribution in [-0.2, 0) is 14.8 Å². The van der Waals surface area contributed by atoms with Gasteiger partial charge < -0.3 is 10.6 Å². The van der Waals surface area contributed by atoms with E-state index in [-0.39, 0.29) is 10.8 Å². The third-order valence-corrected chi connectivity index (χ3v) is 6.00. The molecule has 0 aromatic heterocycles. The van der Waals surface area contributed by atoms with Crippen LogP contribution >= 0.6 is 0 Å². The van der Waals surface area contributed by atoms with E-state index in [0.717, 1.165) is 5.69 Å². The molecule has 0 unspecified atom stereocenters. The first-order valence-corrected chi connectivity index (χ1v) is 10.7. The first-order chi connectivity index (χ1) is 12.9. The van der Waals surface area contributed by atoms with Crippen molar-refractivity contribution in [1.82, 2.24) is 0 Å². The van der Waals surface area contributed by atoms with Gasteiger partial charge in [-0.15, -0.1) is 0 Å². The molecule has 0 bridgehead atoms.